The maximum Gasteiger partial charge on any atom is 0.265 e. The number of aromatic nitrogens is 2. The van der Waals surface area contributed by atoms with Gasteiger partial charge in [-0.1, -0.05) is 0 Å². The van der Waals surface area contributed by atoms with Crippen molar-refractivity contribution in [2.24, 2.45) is 0 Å². The summed E-state index contributed by atoms with van der Waals surface area (Å²) in [7, 11) is 0.234. The van der Waals surface area contributed by atoms with Crippen LogP contribution in [0.1, 0.15) is 11.4 Å². The molecule has 7 heteroatoms. The van der Waals surface area contributed by atoms with Crippen molar-refractivity contribution >= 4 is 21.4 Å². The highest BCUT2D eigenvalue weighted by atomic mass is 32.2. The third kappa shape index (κ3) is 2.77. The Morgan fingerprint density at radius 1 is 1.15 bits per heavy atom. The Labute approximate surface area is 118 Å². The molecule has 108 valence electrons. The van der Waals surface area contributed by atoms with Crippen molar-refractivity contribution in [1.29, 1.82) is 0 Å². The quantitative estimate of drug-likeness (QED) is 0.902. The summed E-state index contributed by atoms with van der Waals surface area (Å²) < 4.78 is 27.2. The lowest BCUT2D eigenvalue weighted by Crippen LogP contribution is -2.15. The smallest absolute Gasteiger partial charge is 0.265 e. The zero-order chi connectivity index (χ0) is 14.9. The Balaban J connectivity index is 2.29. The van der Waals surface area contributed by atoms with Gasteiger partial charge in [-0.3, -0.25) is 9.82 Å². The predicted molar refractivity (Wildman–Crippen MR) is 79.6 cm³/mol. The molecule has 0 aliphatic rings. The van der Waals surface area contributed by atoms with E-state index in [-0.39, 0.29) is 4.90 Å². The second kappa shape index (κ2) is 5.16. The summed E-state index contributed by atoms with van der Waals surface area (Å²) in [4.78, 5) is 2.15. The highest BCUT2D eigenvalue weighted by Gasteiger charge is 2.22. The van der Waals surface area contributed by atoms with Gasteiger partial charge < -0.3 is 4.90 Å². The normalized spacial score (nSPS) is 11.4. The molecule has 2 rings (SSSR count). The maximum atomic E-state index is 12.3. The van der Waals surface area contributed by atoms with E-state index >= 15 is 0 Å². The minimum atomic E-state index is -3.62. The zero-order valence-electron chi connectivity index (χ0n) is 11.9. The van der Waals surface area contributed by atoms with Crippen molar-refractivity contribution in [3.8, 4) is 0 Å². The van der Waals surface area contributed by atoms with Gasteiger partial charge in [-0.15, -0.1) is 0 Å². The van der Waals surface area contributed by atoms with Crippen molar-refractivity contribution in [2.75, 3.05) is 23.7 Å². The van der Waals surface area contributed by atoms with E-state index in [1.807, 2.05) is 31.1 Å². The van der Waals surface area contributed by atoms with Crippen LogP contribution >= 0.6 is 0 Å². The molecule has 6 nitrogen and oxygen atoms in total. The van der Waals surface area contributed by atoms with Crippen LogP contribution in [0.2, 0.25) is 0 Å². The minimum Gasteiger partial charge on any atom is -0.378 e. The first kappa shape index (κ1) is 14.4. The van der Waals surface area contributed by atoms with Crippen LogP contribution in [0.3, 0.4) is 0 Å². The molecule has 2 aromatic rings. The molecule has 0 bridgehead atoms. The Bertz CT molecular complexity index is 683. The number of hydrogen-bond acceptors (Lipinski definition) is 4. The van der Waals surface area contributed by atoms with Crippen LogP contribution in [0.15, 0.2) is 29.2 Å². The van der Waals surface area contributed by atoms with Crippen molar-refractivity contribution < 1.29 is 8.42 Å². The molecule has 0 aliphatic carbocycles. The van der Waals surface area contributed by atoms with E-state index in [2.05, 4.69) is 14.9 Å². The topological polar surface area (TPSA) is 78.1 Å². The number of nitrogens with one attached hydrogen (secondary N) is 2. The van der Waals surface area contributed by atoms with Gasteiger partial charge in [0.15, 0.2) is 0 Å². The molecule has 0 unspecified atom stereocenters. The molecule has 2 N–H and O–H groups in total. The molecule has 0 aliphatic heterocycles. The summed E-state index contributed by atoms with van der Waals surface area (Å²) in [6, 6.07) is 7.18. The monoisotopic (exact) mass is 294 g/mol. The average Bonchev–Trinajstić information content (AvgIpc) is 2.69. The summed E-state index contributed by atoms with van der Waals surface area (Å²) >= 11 is 0. The fourth-order valence-corrected chi connectivity index (χ4v) is 3.40. The third-order valence-corrected chi connectivity index (χ3v) is 4.61. The first-order chi connectivity index (χ1) is 9.31. The molecule has 0 spiro atoms. The number of benzene rings is 1. The van der Waals surface area contributed by atoms with Gasteiger partial charge in [0.2, 0.25) is 0 Å². The summed E-state index contributed by atoms with van der Waals surface area (Å²) in [6.45, 7) is 3.34. The molecule has 0 amide bonds. The molecule has 0 saturated carbocycles. The number of nitrogens with zero attached hydrogens (tertiary/aromatic N) is 2. The van der Waals surface area contributed by atoms with Gasteiger partial charge in [0.1, 0.15) is 4.90 Å². The highest BCUT2D eigenvalue weighted by molar-refractivity contribution is 7.92. The lowest BCUT2D eigenvalue weighted by Gasteiger charge is -2.13. The summed E-state index contributed by atoms with van der Waals surface area (Å²) in [5, 5.41) is 6.59. The van der Waals surface area contributed by atoms with Crippen LogP contribution in [0.4, 0.5) is 11.4 Å². The van der Waals surface area contributed by atoms with Crippen molar-refractivity contribution in [2.45, 2.75) is 18.7 Å². The van der Waals surface area contributed by atoms with Crippen LogP contribution < -0.4 is 9.62 Å². The van der Waals surface area contributed by atoms with Gasteiger partial charge in [0.05, 0.1) is 11.4 Å². The number of rotatable bonds is 4. The van der Waals surface area contributed by atoms with Crippen molar-refractivity contribution in [3.05, 3.63) is 35.7 Å². The summed E-state index contributed by atoms with van der Waals surface area (Å²) in [6.07, 6.45) is 0. The minimum absolute atomic E-state index is 0.203. The van der Waals surface area contributed by atoms with Gasteiger partial charge in [0.25, 0.3) is 10.0 Å². The van der Waals surface area contributed by atoms with Gasteiger partial charge in [-0.2, -0.15) is 5.10 Å². The molecule has 1 aromatic carbocycles. The van der Waals surface area contributed by atoms with Gasteiger partial charge in [-0.25, -0.2) is 8.42 Å². The number of aryl methyl sites for hydroxylation is 2. The number of aromatic amines is 1. The van der Waals surface area contributed by atoms with Crippen LogP contribution in [0.25, 0.3) is 0 Å². The van der Waals surface area contributed by atoms with E-state index in [1.54, 1.807) is 26.0 Å². The SMILES string of the molecule is Cc1n[nH]c(C)c1S(=O)(=O)Nc1ccc(N(C)C)cc1. The van der Waals surface area contributed by atoms with Crippen LogP contribution in [0.5, 0.6) is 0 Å². The van der Waals surface area contributed by atoms with E-state index in [0.29, 0.717) is 17.1 Å². The zero-order valence-corrected chi connectivity index (χ0v) is 12.7. The molecule has 1 aromatic heterocycles. The number of H-pyrrole nitrogens is 1. The fraction of sp³-hybridized carbons (Fsp3) is 0.308. The summed E-state index contributed by atoms with van der Waals surface area (Å²) in [5.74, 6) is 0. The molecule has 0 radical (unpaired) electrons. The van der Waals surface area contributed by atoms with Gasteiger partial charge >= 0.3 is 0 Å². The number of sulfonamides is 1. The van der Waals surface area contributed by atoms with E-state index in [4.69, 9.17) is 0 Å². The molecule has 1 heterocycles. The largest absolute Gasteiger partial charge is 0.378 e. The standard InChI is InChI=1S/C13H18N4O2S/c1-9-13(10(2)15-14-9)20(18,19)16-11-5-7-12(8-6-11)17(3)4/h5-8,16H,1-4H3,(H,14,15). The third-order valence-electron chi connectivity index (χ3n) is 2.97. The predicted octanol–water partition coefficient (Wildman–Crippen LogP) is 1.89. The highest BCUT2D eigenvalue weighted by Crippen LogP contribution is 2.22. The van der Waals surface area contributed by atoms with Crippen molar-refractivity contribution in [1.82, 2.24) is 10.2 Å². The van der Waals surface area contributed by atoms with Gasteiger partial charge in [0, 0.05) is 25.5 Å². The fourth-order valence-electron chi connectivity index (χ4n) is 1.97. The average molecular weight is 294 g/mol. The second-order valence-corrected chi connectivity index (χ2v) is 6.43. The Kier molecular flexibility index (Phi) is 3.71. The first-order valence-electron chi connectivity index (χ1n) is 6.13. The van der Waals surface area contributed by atoms with Crippen LogP contribution in [-0.2, 0) is 10.0 Å². The molecule has 0 fully saturated rings. The maximum absolute atomic E-state index is 12.3. The van der Waals surface area contributed by atoms with Crippen LogP contribution in [0, 0.1) is 13.8 Å². The molecule has 0 saturated heterocycles. The Morgan fingerprint density at radius 2 is 1.75 bits per heavy atom. The Hall–Kier alpha value is -2.02. The van der Waals surface area contributed by atoms with Crippen LogP contribution in [-0.4, -0.2) is 32.7 Å². The number of anilines is 2. The van der Waals surface area contributed by atoms with Gasteiger partial charge in [-0.05, 0) is 38.1 Å². The van der Waals surface area contributed by atoms with E-state index in [0.717, 1.165) is 5.69 Å². The summed E-state index contributed by atoms with van der Waals surface area (Å²) in [5.41, 5.74) is 2.51. The molecular formula is C13H18N4O2S. The Morgan fingerprint density at radius 3 is 2.20 bits per heavy atom. The lowest BCUT2D eigenvalue weighted by molar-refractivity contribution is 0.600. The molecular weight excluding hydrogens is 276 g/mol. The lowest BCUT2D eigenvalue weighted by atomic mass is 10.3. The number of hydrogen-bond donors (Lipinski definition) is 2. The first-order valence-corrected chi connectivity index (χ1v) is 7.61. The second-order valence-electron chi connectivity index (χ2n) is 4.81. The van der Waals surface area contributed by atoms with E-state index in [1.165, 1.54) is 0 Å². The van der Waals surface area contributed by atoms with E-state index < -0.39 is 10.0 Å². The van der Waals surface area contributed by atoms with Crippen molar-refractivity contribution in [3.63, 3.8) is 0 Å². The molecule has 0 atom stereocenters. The van der Waals surface area contributed by atoms with E-state index in [9.17, 15) is 8.42 Å². The molecule has 20 heavy (non-hydrogen) atoms.